The highest BCUT2D eigenvalue weighted by atomic mass is 16.5. The van der Waals surface area contributed by atoms with Gasteiger partial charge in [0, 0.05) is 19.5 Å². The van der Waals surface area contributed by atoms with Gasteiger partial charge in [-0.3, -0.25) is 19.6 Å². The fraction of sp³-hybridized carbons (Fsp3) is 0.864. The summed E-state index contributed by atoms with van der Waals surface area (Å²) in [6.45, 7) is 5.28. The maximum Gasteiger partial charge on any atom is 0.244 e. The molecule has 0 aromatic rings. The minimum atomic E-state index is -0.829. The molecular formula is C22H37N3O4. The quantitative estimate of drug-likeness (QED) is 0.404. The van der Waals surface area contributed by atoms with Crippen molar-refractivity contribution in [3.63, 3.8) is 0 Å². The van der Waals surface area contributed by atoms with Crippen LogP contribution in [-0.2, 0) is 14.4 Å². The molecule has 29 heavy (non-hydrogen) atoms. The van der Waals surface area contributed by atoms with Crippen LogP contribution in [0.4, 0.5) is 0 Å². The highest BCUT2D eigenvalue weighted by Crippen LogP contribution is 2.44. The number of amides is 3. The van der Waals surface area contributed by atoms with Crippen molar-refractivity contribution >= 4 is 17.7 Å². The lowest BCUT2D eigenvalue weighted by Crippen LogP contribution is -2.54. The molecule has 0 aromatic carbocycles. The molecular weight excluding hydrogens is 370 g/mol. The smallest absolute Gasteiger partial charge is 0.244 e. The molecule has 2 aliphatic carbocycles. The van der Waals surface area contributed by atoms with Crippen LogP contribution in [0.3, 0.4) is 0 Å². The molecule has 3 aliphatic rings. The third-order valence-corrected chi connectivity index (χ3v) is 6.93. The van der Waals surface area contributed by atoms with E-state index in [4.69, 9.17) is 5.21 Å². The van der Waals surface area contributed by atoms with Crippen LogP contribution >= 0.6 is 0 Å². The third kappa shape index (κ3) is 5.30. The van der Waals surface area contributed by atoms with Crippen LogP contribution in [0.15, 0.2) is 0 Å². The Kier molecular flexibility index (Phi) is 7.19. The molecule has 1 saturated heterocycles. The number of rotatable bonds is 9. The topological polar surface area (TPSA) is 98.7 Å². The number of hydroxylamine groups is 1. The maximum atomic E-state index is 13.6. The van der Waals surface area contributed by atoms with Crippen LogP contribution in [0.1, 0.15) is 78.1 Å². The molecule has 1 heterocycles. The molecule has 0 radical (unpaired) electrons. The fourth-order valence-electron chi connectivity index (χ4n) is 5.40. The van der Waals surface area contributed by atoms with E-state index in [-0.39, 0.29) is 30.1 Å². The van der Waals surface area contributed by atoms with Gasteiger partial charge in [-0.1, -0.05) is 33.1 Å². The number of hydrogen-bond donors (Lipinski definition) is 3. The first-order valence-corrected chi connectivity index (χ1v) is 11.4. The van der Waals surface area contributed by atoms with Crippen LogP contribution in [0.25, 0.3) is 0 Å². The molecule has 7 heteroatoms. The lowest BCUT2D eigenvalue weighted by Gasteiger charge is -2.37. The van der Waals surface area contributed by atoms with Gasteiger partial charge in [-0.15, -0.1) is 0 Å². The lowest BCUT2D eigenvalue weighted by molar-refractivity contribution is -0.148. The largest absolute Gasteiger partial charge is 0.354 e. The van der Waals surface area contributed by atoms with Gasteiger partial charge in [-0.05, 0) is 56.3 Å². The Morgan fingerprint density at radius 2 is 1.86 bits per heavy atom. The van der Waals surface area contributed by atoms with E-state index in [2.05, 4.69) is 5.32 Å². The normalized spacial score (nSPS) is 26.6. The van der Waals surface area contributed by atoms with Gasteiger partial charge >= 0.3 is 0 Å². The monoisotopic (exact) mass is 407 g/mol. The Balaban J connectivity index is 1.80. The van der Waals surface area contributed by atoms with Crippen molar-refractivity contribution in [2.24, 2.45) is 23.2 Å². The summed E-state index contributed by atoms with van der Waals surface area (Å²) < 4.78 is 0. The summed E-state index contributed by atoms with van der Waals surface area (Å²) in [5.74, 6) is 0.369. The summed E-state index contributed by atoms with van der Waals surface area (Å²) >= 11 is 0. The zero-order valence-corrected chi connectivity index (χ0v) is 17.9. The van der Waals surface area contributed by atoms with Gasteiger partial charge in [0.1, 0.15) is 6.04 Å². The van der Waals surface area contributed by atoms with Gasteiger partial charge < -0.3 is 10.2 Å². The Bertz CT molecular complexity index is 613. The van der Waals surface area contributed by atoms with Crippen molar-refractivity contribution in [1.29, 1.82) is 0 Å². The van der Waals surface area contributed by atoms with Crippen LogP contribution in [0.2, 0.25) is 0 Å². The Morgan fingerprint density at radius 1 is 1.17 bits per heavy atom. The van der Waals surface area contributed by atoms with Crippen LogP contribution in [-0.4, -0.2) is 47.0 Å². The molecule has 2 unspecified atom stereocenters. The first-order valence-electron chi connectivity index (χ1n) is 11.4. The van der Waals surface area contributed by atoms with E-state index in [1.807, 2.05) is 13.8 Å². The highest BCUT2D eigenvalue weighted by molar-refractivity contribution is 5.94. The zero-order chi connectivity index (χ0) is 21.0. The van der Waals surface area contributed by atoms with Gasteiger partial charge in [0.15, 0.2) is 0 Å². The average Bonchev–Trinajstić information content (AvgIpc) is 3.48. The van der Waals surface area contributed by atoms with E-state index in [1.165, 1.54) is 19.3 Å². The van der Waals surface area contributed by atoms with E-state index in [0.717, 1.165) is 25.7 Å². The van der Waals surface area contributed by atoms with Crippen LogP contribution < -0.4 is 10.8 Å². The summed E-state index contributed by atoms with van der Waals surface area (Å²) in [7, 11) is 0. The minimum Gasteiger partial charge on any atom is -0.354 e. The van der Waals surface area contributed by atoms with E-state index < -0.39 is 17.4 Å². The summed E-state index contributed by atoms with van der Waals surface area (Å²) in [6, 6.07) is -0.437. The third-order valence-electron chi connectivity index (χ3n) is 6.93. The summed E-state index contributed by atoms with van der Waals surface area (Å²) in [4.78, 5) is 40.6. The molecule has 3 N–H and O–H groups in total. The van der Waals surface area contributed by atoms with Crippen molar-refractivity contribution in [3.05, 3.63) is 0 Å². The number of nitrogens with zero attached hydrogens (tertiary/aromatic N) is 1. The number of nitrogens with one attached hydrogen (secondary N) is 2. The van der Waals surface area contributed by atoms with Crippen molar-refractivity contribution in [2.45, 2.75) is 84.1 Å². The molecule has 0 aromatic heterocycles. The molecule has 3 amide bonds. The predicted molar refractivity (Wildman–Crippen MR) is 109 cm³/mol. The fourth-order valence-corrected chi connectivity index (χ4v) is 5.40. The zero-order valence-electron chi connectivity index (χ0n) is 17.9. The lowest BCUT2D eigenvalue weighted by atomic mass is 9.75. The number of likely N-dealkylation sites (tertiary alicyclic amines) is 1. The highest BCUT2D eigenvalue weighted by Gasteiger charge is 2.52. The Morgan fingerprint density at radius 3 is 2.45 bits per heavy atom. The molecule has 1 aliphatic heterocycles. The van der Waals surface area contributed by atoms with Gasteiger partial charge in [0.05, 0.1) is 5.41 Å². The molecule has 164 valence electrons. The molecule has 3 rings (SSSR count). The summed E-state index contributed by atoms with van der Waals surface area (Å²) in [6.07, 6.45) is 8.78. The number of carbonyl (C=O) groups excluding carboxylic acids is 3. The SMILES string of the molecule is CC(C)CC1(CC(=O)NO)CCN(C(C(=O)NCC2CC2)C2CCCCC2)C1=O. The summed E-state index contributed by atoms with van der Waals surface area (Å²) in [5.41, 5.74) is 0.863. The number of hydrogen-bond acceptors (Lipinski definition) is 4. The first-order chi connectivity index (χ1) is 13.9. The second-order valence-corrected chi connectivity index (χ2v) is 9.87. The van der Waals surface area contributed by atoms with E-state index in [0.29, 0.717) is 31.8 Å². The molecule has 7 nitrogen and oxygen atoms in total. The van der Waals surface area contributed by atoms with Crippen molar-refractivity contribution in [3.8, 4) is 0 Å². The molecule has 0 bridgehead atoms. The molecule has 0 spiro atoms. The van der Waals surface area contributed by atoms with Gasteiger partial charge in [-0.25, -0.2) is 5.48 Å². The van der Waals surface area contributed by atoms with Crippen LogP contribution in [0.5, 0.6) is 0 Å². The predicted octanol–water partition coefficient (Wildman–Crippen LogP) is 2.62. The summed E-state index contributed by atoms with van der Waals surface area (Å²) in [5, 5.41) is 12.1. The maximum absolute atomic E-state index is 13.6. The number of carbonyl (C=O) groups is 3. The Hall–Kier alpha value is -1.63. The van der Waals surface area contributed by atoms with Gasteiger partial charge in [0.25, 0.3) is 0 Å². The van der Waals surface area contributed by atoms with Crippen molar-refractivity contribution in [2.75, 3.05) is 13.1 Å². The molecule has 3 fully saturated rings. The van der Waals surface area contributed by atoms with E-state index in [1.54, 1.807) is 10.4 Å². The first kappa shape index (κ1) is 22.1. The van der Waals surface area contributed by atoms with Crippen molar-refractivity contribution < 1.29 is 19.6 Å². The second kappa shape index (κ2) is 9.45. The van der Waals surface area contributed by atoms with E-state index >= 15 is 0 Å². The van der Waals surface area contributed by atoms with Crippen molar-refractivity contribution in [1.82, 2.24) is 15.7 Å². The minimum absolute atomic E-state index is 0.0240. The van der Waals surface area contributed by atoms with Gasteiger partial charge in [-0.2, -0.15) is 0 Å². The van der Waals surface area contributed by atoms with Crippen LogP contribution in [0, 0.1) is 23.2 Å². The van der Waals surface area contributed by atoms with E-state index in [9.17, 15) is 14.4 Å². The standard InChI is InChI=1S/C22H37N3O4/c1-15(2)12-22(13-18(26)24-29)10-11-25(21(22)28)19(17-6-4-3-5-7-17)20(27)23-14-16-8-9-16/h15-17,19,29H,3-14H2,1-2H3,(H,23,27)(H,24,26). The van der Waals surface area contributed by atoms with Gasteiger partial charge in [0.2, 0.25) is 17.7 Å². The average molecular weight is 408 g/mol. The second-order valence-electron chi connectivity index (χ2n) is 9.87. The molecule has 2 saturated carbocycles. The Labute approximate surface area is 173 Å². The molecule has 2 atom stereocenters.